The molecule has 3 nitrogen and oxygen atoms in total. The molecule has 0 rings (SSSR count). The van der Waals surface area contributed by atoms with Crippen LogP contribution in [0.2, 0.25) is 0 Å². The Hall–Kier alpha value is 1.04. The van der Waals surface area contributed by atoms with Crippen molar-refractivity contribution in [3.05, 3.63) is 0 Å². The molecule has 0 fully saturated rings. The summed E-state index contributed by atoms with van der Waals surface area (Å²) in [6, 6.07) is 0. The Labute approximate surface area is 94.2 Å². The van der Waals surface area contributed by atoms with Gasteiger partial charge in [-0.25, -0.2) is 4.79 Å². The third-order valence-electron chi connectivity index (χ3n) is 0.880. The maximum atomic E-state index is 9.95. The van der Waals surface area contributed by atoms with Gasteiger partial charge >= 0.3 is 43.7 Å². The van der Waals surface area contributed by atoms with Crippen molar-refractivity contribution in [1.29, 1.82) is 0 Å². The number of thioether (sulfide) groups is 1. The molecule has 0 amide bonds. The van der Waals surface area contributed by atoms with Gasteiger partial charge in [-0.15, -0.1) is 0 Å². The van der Waals surface area contributed by atoms with Crippen molar-refractivity contribution in [2.45, 2.75) is 12.5 Å². The summed E-state index contributed by atoms with van der Waals surface area (Å²) in [6.07, 6.45) is 1.02. The van der Waals surface area contributed by atoms with Crippen molar-refractivity contribution >= 4 is 55.5 Å². The van der Waals surface area contributed by atoms with Gasteiger partial charge in [0.05, 0.1) is 0 Å². The van der Waals surface area contributed by atoms with E-state index in [9.17, 15) is 4.79 Å². The monoisotopic (exact) mass is 192 g/mol. The first-order valence-corrected chi connectivity index (χ1v) is 3.97. The van der Waals surface area contributed by atoms with Gasteiger partial charge in [0.25, 0.3) is 0 Å². The van der Waals surface area contributed by atoms with E-state index < -0.39 is 12.1 Å². The Kier molecular flexibility index (Phi) is 11.1. The minimum absolute atomic E-state index is 0. The molecule has 0 aromatic heterocycles. The first-order valence-electron chi connectivity index (χ1n) is 2.58. The number of aliphatic hydroxyl groups is 1. The molecule has 0 aromatic rings. The number of hydrogen-bond donors (Lipinski definition) is 2. The molecule has 0 aromatic carbocycles. The van der Waals surface area contributed by atoms with E-state index in [-0.39, 0.29) is 37.7 Å². The summed E-state index contributed by atoms with van der Waals surface area (Å²) in [5, 5.41) is 16.8. The van der Waals surface area contributed by atoms with Crippen molar-refractivity contribution < 1.29 is 15.0 Å². The number of carboxylic acid groups (broad SMARTS) is 1. The standard InChI is InChI=1S/C5H10O3S.Ca.2H/c1-9-3-2-4(6)5(7)8;;;/h4,6H,2-3H2,1H3,(H,7,8);;;. The van der Waals surface area contributed by atoms with E-state index in [0.717, 1.165) is 0 Å². The second-order valence-corrected chi connectivity index (χ2v) is 2.62. The van der Waals surface area contributed by atoms with Crippen LogP contribution in [-0.2, 0) is 4.79 Å². The predicted molar refractivity (Wildman–Crippen MR) is 45.2 cm³/mol. The molecule has 10 heavy (non-hydrogen) atoms. The van der Waals surface area contributed by atoms with Crippen molar-refractivity contribution in [1.82, 2.24) is 0 Å². The number of aliphatic carboxylic acids is 1. The molecule has 0 saturated heterocycles. The zero-order chi connectivity index (χ0) is 7.28. The number of carbonyl (C=O) groups is 1. The SMILES string of the molecule is CSCCC(O)C(=O)O.[CaH2]. The molecule has 0 radical (unpaired) electrons. The van der Waals surface area contributed by atoms with Crippen LogP contribution in [0.4, 0.5) is 0 Å². The van der Waals surface area contributed by atoms with Crippen LogP contribution >= 0.6 is 11.8 Å². The normalized spacial score (nSPS) is 11.8. The summed E-state index contributed by atoms with van der Waals surface area (Å²) in [7, 11) is 0. The molecule has 0 spiro atoms. The van der Waals surface area contributed by atoms with Crippen LogP contribution in [-0.4, -0.2) is 72.0 Å². The molecule has 0 heterocycles. The zero-order valence-corrected chi connectivity index (χ0v) is 6.02. The predicted octanol–water partition coefficient (Wildman–Crippen LogP) is -0.731. The number of rotatable bonds is 4. The van der Waals surface area contributed by atoms with Gasteiger partial charge in [0.2, 0.25) is 0 Å². The average Bonchev–Trinajstić information content (AvgIpc) is 1.82. The van der Waals surface area contributed by atoms with Gasteiger partial charge < -0.3 is 10.2 Å². The van der Waals surface area contributed by atoms with Gasteiger partial charge in [-0.1, -0.05) is 0 Å². The van der Waals surface area contributed by atoms with Gasteiger partial charge in [-0.2, -0.15) is 11.8 Å². The van der Waals surface area contributed by atoms with Gasteiger partial charge in [0.15, 0.2) is 6.10 Å². The Morgan fingerprint density at radius 2 is 2.20 bits per heavy atom. The Bertz CT molecular complexity index is 98.9. The molecule has 58 valence electrons. The fraction of sp³-hybridized carbons (Fsp3) is 0.800. The fourth-order valence-corrected chi connectivity index (χ4v) is 0.812. The molecule has 1 atom stereocenters. The topological polar surface area (TPSA) is 57.5 Å². The van der Waals surface area contributed by atoms with Gasteiger partial charge in [-0.3, -0.25) is 0 Å². The number of hydrogen-bond acceptors (Lipinski definition) is 3. The van der Waals surface area contributed by atoms with E-state index in [2.05, 4.69) is 0 Å². The maximum absolute atomic E-state index is 9.95. The molecule has 5 heteroatoms. The quantitative estimate of drug-likeness (QED) is 0.577. The van der Waals surface area contributed by atoms with Crippen LogP contribution in [0.15, 0.2) is 0 Å². The molecule has 0 aliphatic carbocycles. The van der Waals surface area contributed by atoms with Crippen LogP contribution in [0, 0.1) is 0 Å². The molecule has 0 aliphatic heterocycles. The Morgan fingerprint density at radius 1 is 1.70 bits per heavy atom. The second kappa shape index (κ2) is 8.14. The first-order chi connectivity index (χ1) is 4.18. The molecule has 0 saturated carbocycles. The second-order valence-electron chi connectivity index (χ2n) is 1.64. The molecule has 2 N–H and O–H groups in total. The fourth-order valence-electron chi connectivity index (χ4n) is 0.353. The summed E-state index contributed by atoms with van der Waals surface area (Å²) >= 11 is 1.52. The van der Waals surface area contributed by atoms with Crippen LogP contribution in [0.1, 0.15) is 6.42 Å². The van der Waals surface area contributed by atoms with Crippen LogP contribution in [0.5, 0.6) is 0 Å². The van der Waals surface area contributed by atoms with Crippen LogP contribution in [0.25, 0.3) is 0 Å². The number of carboxylic acids is 1. The Balaban J connectivity index is 0. The van der Waals surface area contributed by atoms with Crippen molar-refractivity contribution in [2.24, 2.45) is 0 Å². The first kappa shape index (κ1) is 13.6. The molecule has 0 bridgehead atoms. The molecular weight excluding hydrogens is 180 g/mol. The van der Waals surface area contributed by atoms with E-state index >= 15 is 0 Å². The Morgan fingerprint density at radius 3 is 2.50 bits per heavy atom. The summed E-state index contributed by atoms with van der Waals surface area (Å²) in [5.74, 6) is -0.447. The van der Waals surface area contributed by atoms with Crippen molar-refractivity contribution in [3.8, 4) is 0 Å². The molecular formula is C5H12CaO3S. The average molecular weight is 192 g/mol. The van der Waals surface area contributed by atoms with E-state index in [1.54, 1.807) is 0 Å². The van der Waals surface area contributed by atoms with Gasteiger partial charge in [-0.05, 0) is 18.4 Å². The van der Waals surface area contributed by atoms with Gasteiger partial charge in [0, 0.05) is 0 Å². The molecule has 0 aliphatic rings. The van der Waals surface area contributed by atoms with Crippen molar-refractivity contribution in [3.63, 3.8) is 0 Å². The van der Waals surface area contributed by atoms with Gasteiger partial charge in [0.1, 0.15) is 0 Å². The number of aliphatic hydroxyl groups excluding tert-OH is 1. The third kappa shape index (κ3) is 7.15. The van der Waals surface area contributed by atoms with E-state index in [4.69, 9.17) is 10.2 Å². The van der Waals surface area contributed by atoms with E-state index in [1.165, 1.54) is 11.8 Å². The van der Waals surface area contributed by atoms with E-state index in [1.807, 2.05) is 6.26 Å². The van der Waals surface area contributed by atoms with Crippen molar-refractivity contribution in [2.75, 3.05) is 12.0 Å². The van der Waals surface area contributed by atoms with Crippen LogP contribution < -0.4 is 0 Å². The van der Waals surface area contributed by atoms with E-state index in [0.29, 0.717) is 12.2 Å². The zero-order valence-electron chi connectivity index (χ0n) is 5.20. The summed E-state index contributed by atoms with van der Waals surface area (Å²) in [6.45, 7) is 0. The minimum atomic E-state index is -1.18. The van der Waals surface area contributed by atoms with Crippen LogP contribution in [0.3, 0.4) is 0 Å². The molecule has 1 unspecified atom stereocenters. The third-order valence-corrected chi connectivity index (χ3v) is 1.52. The summed E-state index contributed by atoms with van der Waals surface area (Å²) in [4.78, 5) is 9.95. The summed E-state index contributed by atoms with van der Waals surface area (Å²) in [5.41, 5.74) is 0. The summed E-state index contributed by atoms with van der Waals surface area (Å²) < 4.78 is 0.